The molecule has 2 aromatic heterocycles. The Morgan fingerprint density at radius 2 is 1.08 bits per heavy atom. The fourth-order valence-corrected chi connectivity index (χ4v) is 9.39. The summed E-state index contributed by atoms with van der Waals surface area (Å²) in [6.07, 6.45) is 1.87. The van der Waals surface area contributed by atoms with Crippen molar-refractivity contribution in [3.05, 3.63) is 59.7 Å². The summed E-state index contributed by atoms with van der Waals surface area (Å²) < 4.78 is 25.1. The summed E-state index contributed by atoms with van der Waals surface area (Å²) in [5.74, 6) is 2.53. The van der Waals surface area contributed by atoms with Crippen LogP contribution in [0.3, 0.4) is 0 Å². The van der Waals surface area contributed by atoms with E-state index in [1.807, 2.05) is 57.9 Å². The van der Waals surface area contributed by atoms with Crippen LogP contribution in [-0.2, 0) is 19.1 Å². The molecule has 266 valence electrons. The average Bonchev–Trinajstić information content (AvgIpc) is 3.75. The van der Waals surface area contributed by atoms with E-state index < -0.39 is 10.5 Å². The van der Waals surface area contributed by atoms with Crippen LogP contribution < -0.4 is 20.3 Å². The van der Waals surface area contributed by atoms with Crippen molar-refractivity contribution in [2.45, 2.75) is 69.9 Å². The molecule has 0 aliphatic carbocycles. The SMILES string of the molecule is CCOC(=O)C1Sc2nnc(SCCCCSc3nnc4n3NC(c3ccc(OC)cc3)C(C(=O)OCC)S4)n2NC1c1ccc(OC)cc1. The first-order valence-corrected chi connectivity index (χ1v) is 19.8. The van der Waals surface area contributed by atoms with E-state index in [4.69, 9.17) is 18.9 Å². The van der Waals surface area contributed by atoms with Crippen molar-refractivity contribution in [2.24, 2.45) is 0 Å². The van der Waals surface area contributed by atoms with E-state index >= 15 is 0 Å². The molecule has 2 aliphatic rings. The van der Waals surface area contributed by atoms with Gasteiger partial charge < -0.3 is 29.8 Å². The third kappa shape index (κ3) is 8.08. The number of carbonyl (C=O) groups excluding carboxylic acids is 2. The molecule has 4 atom stereocenters. The molecule has 0 spiro atoms. The number of aromatic nitrogens is 6. The Hall–Kier alpha value is -3.74. The smallest absolute Gasteiger partial charge is 0.322 e. The van der Waals surface area contributed by atoms with Gasteiger partial charge in [0.1, 0.15) is 22.0 Å². The van der Waals surface area contributed by atoms with Crippen molar-refractivity contribution in [2.75, 3.05) is 49.8 Å². The van der Waals surface area contributed by atoms with Gasteiger partial charge in [-0.3, -0.25) is 9.59 Å². The summed E-state index contributed by atoms with van der Waals surface area (Å²) >= 11 is 5.92. The Morgan fingerprint density at radius 1 is 0.680 bits per heavy atom. The Kier molecular flexibility index (Phi) is 12.2. The minimum absolute atomic E-state index is 0.298. The zero-order valence-corrected chi connectivity index (χ0v) is 31.2. The monoisotopic (exact) mass is 758 g/mol. The van der Waals surface area contributed by atoms with Crippen LogP contribution in [0, 0.1) is 0 Å². The normalized spacial score (nSPS) is 19.4. The summed E-state index contributed by atoms with van der Waals surface area (Å²) in [6, 6.07) is 14.6. The maximum atomic E-state index is 12.9. The molecule has 2 aliphatic heterocycles. The van der Waals surface area contributed by atoms with E-state index in [0.717, 1.165) is 57.3 Å². The zero-order chi connectivity index (χ0) is 35.0. The van der Waals surface area contributed by atoms with Crippen molar-refractivity contribution in [1.82, 2.24) is 29.7 Å². The minimum atomic E-state index is -0.520. The highest BCUT2D eigenvalue weighted by atomic mass is 32.2. The van der Waals surface area contributed by atoms with Crippen molar-refractivity contribution < 1.29 is 28.5 Å². The number of thioether (sulfide) groups is 4. The third-order valence-electron chi connectivity index (χ3n) is 7.80. The Morgan fingerprint density at radius 3 is 1.44 bits per heavy atom. The molecule has 0 saturated heterocycles. The first-order valence-electron chi connectivity index (χ1n) is 16.1. The number of fused-ring (bicyclic) bond motifs is 2. The maximum Gasteiger partial charge on any atom is 0.322 e. The van der Waals surface area contributed by atoms with Gasteiger partial charge in [0.15, 0.2) is 0 Å². The summed E-state index contributed by atoms with van der Waals surface area (Å²) in [4.78, 5) is 25.8. The van der Waals surface area contributed by atoms with Gasteiger partial charge in [0.25, 0.3) is 0 Å². The summed E-state index contributed by atoms with van der Waals surface area (Å²) in [7, 11) is 3.25. The van der Waals surface area contributed by atoms with Crippen LogP contribution in [0.1, 0.15) is 49.9 Å². The highest BCUT2D eigenvalue weighted by Crippen LogP contribution is 2.41. The van der Waals surface area contributed by atoms with Crippen LogP contribution >= 0.6 is 47.0 Å². The molecule has 4 aromatic rings. The molecule has 2 aromatic carbocycles. The lowest BCUT2D eigenvalue weighted by atomic mass is 10.0. The van der Waals surface area contributed by atoms with E-state index in [1.165, 1.54) is 23.5 Å². The van der Waals surface area contributed by atoms with Crippen molar-refractivity contribution in [1.29, 1.82) is 0 Å². The number of nitrogens with one attached hydrogen (secondary N) is 2. The molecule has 2 N–H and O–H groups in total. The Bertz CT molecular complexity index is 1630. The van der Waals surface area contributed by atoms with Crippen LogP contribution in [0.2, 0.25) is 0 Å². The topological polar surface area (TPSA) is 157 Å². The number of methoxy groups -OCH3 is 2. The Labute approximate surface area is 306 Å². The first-order chi connectivity index (χ1) is 24.4. The average molecular weight is 759 g/mol. The van der Waals surface area contributed by atoms with Crippen molar-refractivity contribution in [3.8, 4) is 11.5 Å². The predicted molar refractivity (Wildman–Crippen MR) is 193 cm³/mol. The van der Waals surface area contributed by atoms with Gasteiger partial charge in [-0.05, 0) is 62.1 Å². The largest absolute Gasteiger partial charge is 0.497 e. The van der Waals surface area contributed by atoms with Gasteiger partial charge in [0.05, 0.1) is 39.5 Å². The minimum Gasteiger partial charge on any atom is -0.497 e. The standard InChI is InChI=1S/C32H38N8O6S4/c1-5-45-27(41)25-23(19-9-13-21(43-3)14-10-19)37-39-29(33-35-31(39)49-25)47-17-7-8-18-48-30-34-36-32-40(30)38-24(26(50-32)28(42)46-6-2)20-11-15-22(44-4)16-12-20/h9-16,23-26,37-38H,5-8,17-18H2,1-4H3. The van der Waals surface area contributed by atoms with E-state index in [1.54, 1.807) is 51.6 Å². The summed E-state index contributed by atoms with van der Waals surface area (Å²) in [5.41, 5.74) is 8.80. The van der Waals surface area contributed by atoms with Gasteiger partial charge in [0, 0.05) is 11.5 Å². The predicted octanol–water partition coefficient (Wildman–Crippen LogP) is 5.20. The maximum absolute atomic E-state index is 12.9. The van der Waals surface area contributed by atoms with E-state index in [9.17, 15) is 9.59 Å². The fraction of sp³-hybridized carbons (Fsp3) is 0.438. The lowest BCUT2D eigenvalue weighted by Gasteiger charge is -2.32. The van der Waals surface area contributed by atoms with E-state index in [-0.39, 0.29) is 24.0 Å². The number of hydrogen-bond acceptors (Lipinski definition) is 16. The van der Waals surface area contributed by atoms with Gasteiger partial charge in [0.2, 0.25) is 20.6 Å². The molecular formula is C32H38N8O6S4. The second kappa shape index (κ2) is 17.0. The van der Waals surface area contributed by atoms with Gasteiger partial charge >= 0.3 is 11.9 Å². The van der Waals surface area contributed by atoms with Crippen LogP contribution in [0.15, 0.2) is 69.2 Å². The van der Waals surface area contributed by atoms with Gasteiger partial charge in [-0.2, -0.15) is 0 Å². The molecule has 4 heterocycles. The molecule has 18 heteroatoms. The van der Waals surface area contributed by atoms with Gasteiger partial charge in [-0.1, -0.05) is 71.3 Å². The Balaban J connectivity index is 1.05. The number of esters is 2. The fourth-order valence-electron chi connectivity index (χ4n) is 5.32. The number of nitrogens with zero attached hydrogens (tertiary/aromatic N) is 6. The molecule has 0 bridgehead atoms. The lowest BCUT2D eigenvalue weighted by molar-refractivity contribution is -0.143. The van der Waals surface area contributed by atoms with Crippen LogP contribution in [0.25, 0.3) is 0 Å². The second-order valence-corrected chi connectivity index (χ2v) is 15.3. The number of unbranched alkanes of at least 4 members (excludes halogenated alkanes) is 1. The molecule has 4 unspecified atom stereocenters. The molecule has 6 rings (SSSR count). The number of rotatable bonds is 15. The molecular weight excluding hydrogens is 721 g/mol. The van der Waals surface area contributed by atoms with Gasteiger partial charge in [-0.25, -0.2) is 9.35 Å². The molecule has 0 fully saturated rings. The summed E-state index contributed by atoms with van der Waals surface area (Å²) in [6.45, 7) is 4.20. The molecule has 0 amide bonds. The third-order valence-corrected chi connectivity index (χ3v) is 12.2. The number of carbonyl (C=O) groups is 2. The molecule has 0 saturated carbocycles. The number of ether oxygens (including phenoxy) is 4. The van der Waals surface area contributed by atoms with Crippen molar-refractivity contribution >= 4 is 59.0 Å². The summed E-state index contributed by atoms with van der Waals surface area (Å²) in [5, 5.41) is 19.2. The molecule has 14 nitrogen and oxygen atoms in total. The van der Waals surface area contributed by atoms with E-state index in [0.29, 0.717) is 23.5 Å². The van der Waals surface area contributed by atoms with Crippen LogP contribution in [0.5, 0.6) is 11.5 Å². The quantitative estimate of drug-likeness (QED) is 0.0926. The first kappa shape index (κ1) is 36.1. The van der Waals surface area contributed by atoms with Crippen molar-refractivity contribution in [3.63, 3.8) is 0 Å². The molecule has 50 heavy (non-hydrogen) atoms. The van der Waals surface area contributed by atoms with Gasteiger partial charge in [-0.15, -0.1) is 20.4 Å². The van der Waals surface area contributed by atoms with Crippen LogP contribution in [0.4, 0.5) is 0 Å². The highest BCUT2D eigenvalue weighted by Gasteiger charge is 2.40. The highest BCUT2D eigenvalue weighted by molar-refractivity contribution is 8.01. The van der Waals surface area contributed by atoms with E-state index in [2.05, 4.69) is 31.2 Å². The zero-order valence-electron chi connectivity index (χ0n) is 27.9. The second-order valence-electron chi connectivity index (χ2n) is 10.9. The molecule has 0 radical (unpaired) electrons. The number of hydrogen-bond donors (Lipinski definition) is 2. The number of benzene rings is 2. The van der Waals surface area contributed by atoms with Crippen LogP contribution in [-0.4, -0.2) is 91.1 Å². The lowest BCUT2D eigenvalue weighted by Crippen LogP contribution is -2.39.